The minimum atomic E-state index is -3.33. The van der Waals surface area contributed by atoms with Crippen molar-refractivity contribution in [3.63, 3.8) is 0 Å². The molecular weight excluding hydrogens is 438 g/mol. The summed E-state index contributed by atoms with van der Waals surface area (Å²) in [6, 6.07) is 13.4. The third-order valence-corrected chi connectivity index (χ3v) is 7.21. The number of thiazole rings is 1. The SMILES string of the molecule is C=CCn1c(=NC(=O)CCCS(=O)(=O)Cc2ccccc2)sc2cc([N+](=O)[O-])ccc21. The third-order valence-electron chi connectivity index (χ3n) is 4.48. The summed E-state index contributed by atoms with van der Waals surface area (Å²) < 4.78 is 26.9. The smallest absolute Gasteiger partial charge is 0.270 e. The van der Waals surface area contributed by atoms with Gasteiger partial charge in [-0.15, -0.1) is 6.58 Å². The van der Waals surface area contributed by atoms with Crippen molar-refractivity contribution in [3.8, 4) is 0 Å². The molecule has 0 saturated heterocycles. The molecule has 0 bridgehead atoms. The first-order chi connectivity index (χ1) is 14.8. The van der Waals surface area contributed by atoms with Gasteiger partial charge in [-0.05, 0) is 18.1 Å². The number of fused-ring (bicyclic) bond motifs is 1. The summed E-state index contributed by atoms with van der Waals surface area (Å²) in [5.74, 6) is -0.601. The summed E-state index contributed by atoms with van der Waals surface area (Å²) in [5, 5.41) is 11.0. The van der Waals surface area contributed by atoms with E-state index in [-0.39, 0.29) is 30.0 Å². The number of hydrogen-bond donors (Lipinski definition) is 0. The first-order valence-corrected chi connectivity index (χ1v) is 12.1. The number of sulfone groups is 1. The van der Waals surface area contributed by atoms with Crippen molar-refractivity contribution in [3.05, 3.63) is 81.7 Å². The number of allylic oxidation sites excluding steroid dienone is 1. The maximum Gasteiger partial charge on any atom is 0.270 e. The first-order valence-electron chi connectivity index (χ1n) is 9.49. The standard InChI is InChI=1S/C21H21N3O5S2/c1-2-12-23-18-11-10-17(24(26)27)14-19(18)30-21(23)22-20(25)9-6-13-31(28,29)15-16-7-4-3-5-8-16/h2-5,7-8,10-11,14H,1,6,9,12-13,15H2. The van der Waals surface area contributed by atoms with E-state index in [4.69, 9.17) is 0 Å². The van der Waals surface area contributed by atoms with Gasteiger partial charge < -0.3 is 4.57 Å². The van der Waals surface area contributed by atoms with Crippen molar-refractivity contribution in [2.24, 2.45) is 4.99 Å². The zero-order valence-corrected chi connectivity index (χ0v) is 18.3. The van der Waals surface area contributed by atoms with Crippen LogP contribution >= 0.6 is 11.3 Å². The molecule has 1 amide bonds. The maximum absolute atomic E-state index is 12.4. The van der Waals surface area contributed by atoms with Crippen LogP contribution in [0.15, 0.2) is 66.2 Å². The number of carbonyl (C=O) groups is 1. The fourth-order valence-corrected chi connectivity index (χ4v) is 5.59. The van der Waals surface area contributed by atoms with Gasteiger partial charge in [-0.1, -0.05) is 47.7 Å². The van der Waals surface area contributed by atoms with Gasteiger partial charge in [-0.3, -0.25) is 14.9 Å². The Morgan fingerprint density at radius 2 is 1.97 bits per heavy atom. The van der Waals surface area contributed by atoms with E-state index in [1.165, 1.54) is 23.5 Å². The second-order valence-electron chi connectivity index (χ2n) is 6.88. The maximum atomic E-state index is 12.4. The second kappa shape index (κ2) is 9.80. The number of benzene rings is 2. The van der Waals surface area contributed by atoms with Crippen LogP contribution in [0.3, 0.4) is 0 Å². The molecule has 0 fully saturated rings. The Hall–Kier alpha value is -3.11. The Morgan fingerprint density at radius 3 is 2.65 bits per heavy atom. The van der Waals surface area contributed by atoms with Gasteiger partial charge in [0.05, 0.1) is 26.6 Å². The van der Waals surface area contributed by atoms with Gasteiger partial charge in [-0.25, -0.2) is 8.42 Å². The molecule has 2 aromatic carbocycles. The van der Waals surface area contributed by atoms with Gasteiger partial charge in [0.2, 0.25) is 5.91 Å². The number of nitrogens with zero attached hydrogens (tertiary/aromatic N) is 3. The Kier molecular flexibility index (Phi) is 7.13. The number of carbonyl (C=O) groups excluding carboxylic acids is 1. The molecule has 0 spiro atoms. The Balaban J connectivity index is 1.73. The lowest BCUT2D eigenvalue weighted by molar-refractivity contribution is -0.384. The molecule has 0 radical (unpaired) electrons. The third kappa shape index (κ3) is 5.96. The molecule has 0 N–H and O–H groups in total. The van der Waals surface area contributed by atoms with Crippen molar-refractivity contribution in [1.29, 1.82) is 0 Å². The zero-order chi connectivity index (χ0) is 22.4. The lowest BCUT2D eigenvalue weighted by atomic mass is 10.2. The molecular formula is C21H21N3O5S2. The van der Waals surface area contributed by atoms with Crippen molar-refractivity contribution in [2.45, 2.75) is 25.1 Å². The Bertz CT molecular complexity index is 1290. The predicted octanol–water partition coefficient (Wildman–Crippen LogP) is 3.62. The molecule has 0 aliphatic rings. The zero-order valence-electron chi connectivity index (χ0n) is 16.6. The highest BCUT2D eigenvalue weighted by atomic mass is 32.2. The fraction of sp³-hybridized carbons (Fsp3) is 0.238. The van der Waals surface area contributed by atoms with E-state index in [0.29, 0.717) is 27.1 Å². The summed E-state index contributed by atoms with van der Waals surface area (Å²) in [6.07, 6.45) is 1.82. The molecule has 3 rings (SSSR count). The summed E-state index contributed by atoms with van der Waals surface area (Å²) in [6.45, 7) is 4.09. The molecule has 8 nitrogen and oxygen atoms in total. The fourth-order valence-electron chi connectivity index (χ4n) is 3.07. The average molecular weight is 460 g/mol. The van der Waals surface area contributed by atoms with Gasteiger partial charge in [0.15, 0.2) is 14.6 Å². The molecule has 162 valence electrons. The highest BCUT2D eigenvalue weighted by molar-refractivity contribution is 7.90. The van der Waals surface area contributed by atoms with Crippen LogP contribution in [0, 0.1) is 10.1 Å². The Morgan fingerprint density at radius 1 is 1.23 bits per heavy atom. The van der Waals surface area contributed by atoms with E-state index in [1.807, 2.05) is 6.07 Å². The van der Waals surface area contributed by atoms with Crippen LogP contribution in [0.25, 0.3) is 10.2 Å². The van der Waals surface area contributed by atoms with Gasteiger partial charge in [0.25, 0.3) is 5.69 Å². The number of rotatable bonds is 9. The van der Waals surface area contributed by atoms with Crippen LogP contribution < -0.4 is 4.80 Å². The largest absolute Gasteiger partial charge is 0.312 e. The second-order valence-corrected chi connectivity index (χ2v) is 10.1. The predicted molar refractivity (Wildman–Crippen MR) is 120 cm³/mol. The van der Waals surface area contributed by atoms with Gasteiger partial charge in [0, 0.05) is 25.1 Å². The summed E-state index contributed by atoms with van der Waals surface area (Å²) in [4.78, 5) is 27.4. The van der Waals surface area contributed by atoms with Gasteiger partial charge in [-0.2, -0.15) is 4.99 Å². The molecule has 0 aliphatic carbocycles. The molecule has 3 aromatic rings. The molecule has 1 aromatic heterocycles. The highest BCUT2D eigenvalue weighted by Gasteiger charge is 2.14. The molecule has 1 heterocycles. The number of aromatic nitrogens is 1. The van der Waals surface area contributed by atoms with Crippen LogP contribution in [0.4, 0.5) is 5.69 Å². The van der Waals surface area contributed by atoms with E-state index in [1.54, 1.807) is 41.0 Å². The lowest BCUT2D eigenvalue weighted by Gasteiger charge is -2.04. The van der Waals surface area contributed by atoms with Gasteiger partial charge >= 0.3 is 0 Å². The van der Waals surface area contributed by atoms with E-state index in [9.17, 15) is 23.3 Å². The lowest BCUT2D eigenvalue weighted by Crippen LogP contribution is -2.16. The number of amides is 1. The normalized spacial score (nSPS) is 12.2. The van der Waals surface area contributed by atoms with Crippen molar-refractivity contribution < 1.29 is 18.1 Å². The van der Waals surface area contributed by atoms with E-state index < -0.39 is 20.7 Å². The number of hydrogen-bond acceptors (Lipinski definition) is 6. The minimum Gasteiger partial charge on any atom is -0.312 e. The summed E-state index contributed by atoms with van der Waals surface area (Å²) >= 11 is 1.17. The molecule has 10 heteroatoms. The Labute approximate surface area is 183 Å². The summed E-state index contributed by atoms with van der Waals surface area (Å²) in [5.41, 5.74) is 1.39. The van der Waals surface area contributed by atoms with E-state index in [2.05, 4.69) is 11.6 Å². The number of non-ortho nitro benzene ring substituents is 1. The van der Waals surface area contributed by atoms with Crippen LogP contribution in [-0.2, 0) is 26.9 Å². The molecule has 0 atom stereocenters. The van der Waals surface area contributed by atoms with E-state index in [0.717, 1.165) is 0 Å². The first kappa shape index (κ1) is 22.6. The number of nitro benzene ring substituents is 1. The number of nitro groups is 1. The minimum absolute atomic E-state index is 0.00347. The molecule has 31 heavy (non-hydrogen) atoms. The quantitative estimate of drug-likeness (QED) is 0.276. The van der Waals surface area contributed by atoms with Crippen molar-refractivity contribution >= 4 is 43.0 Å². The summed E-state index contributed by atoms with van der Waals surface area (Å²) in [7, 11) is -3.33. The topological polar surface area (TPSA) is 112 Å². The highest BCUT2D eigenvalue weighted by Crippen LogP contribution is 2.23. The monoisotopic (exact) mass is 459 g/mol. The van der Waals surface area contributed by atoms with Crippen LogP contribution in [0.1, 0.15) is 18.4 Å². The van der Waals surface area contributed by atoms with Crippen LogP contribution in [-0.4, -0.2) is 29.6 Å². The van der Waals surface area contributed by atoms with Crippen molar-refractivity contribution in [2.75, 3.05) is 5.75 Å². The molecule has 0 unspecified atom stereocenters. The molecule has 0 aliphatic heterocycles. The van der Waals surface area contributed by atoms with Crippen molar-refractivity contribution in [1.82, 2.24) is 4.57 Å². The van der Waals surface area contributed by atoms with E-state index >= 15 is 0 Å². The van der Waals surface area contributed by atoms with Crippen LogP contribution in [0.5, 0.6) is 0 Å². The van der Waals surface area contributed by atoms with Gasteiger partial charge in [0.1, 0.15) is 0 Å². The molecule has 0 saturated carbocycles. The van der Waals surface area contributed by atoms with Crippen LogP contribution in [0.2, 0.25) is 0 Å². The average Bonchev–Trinajstić information content (AvgIpc) is 3.04.